The average Bonchev–Trinajstić information content (AvgIpc) is 2.79. The van der Waals surface area contributed by atoms with Gasteiger partial charge in [0.05, 0.1) is 5.92 Å². The fourth-order valence-electron chi connectivity index (χ4n) is 3.23. The van der Waals surface area contributed by atoms with Crippen LogP contribution in [0.4, 0.5) is 0 Å². The lowest BCUT2D eigenvalue weighted by molar-refractivity contribution is -0.144. The Morgan fingerprint density at radius 1 is 1.06 bits per heavy atom. The standard InChI is InChI=1S/C13H23NO2/c15-13(16)12-8-4-1-5-10(12)9-14-11-6-2-3-7-11/h10-12,14H,1-9H2,(H,15,16). The molecule has 0 spiro atoms. The lowest BCUT2D eigenvalue weighted by Gasteiger charge is -2.29. The van der Waals surface area contributed by atoms with Crippen molar-refractivity contribution in [3.63, 3.8) is 0 Å². The Morgan fingerprint density at radius 3 is 2.38 bits per heavy atom. The fraction of sp³-hybridized carbons (Fsp3) is 0.923. The van der Waals surface area contributed by atoms with Gasteiger partial charge in [0, 0.05) is 6.04 Å². The van der Waals surface area contributed by atoms with Crippen LogP contribution in [0.3, 0.4) is 0 Å². The van der Waals surface area contributed by atoms with Crippen LogP contribution in [0.2, 0.25) is 0 Å². The predicted molar refractivity (Wildman–Crippen MR) is 63.3 cm³/mol. The minimum absolute atomic E-state index is 0.0948. The summed E-state index contributed by atoms with van der Waals surface area (Å²) in [6.45, 7) is 0.918. The van der Waals surface area contributed by atoms with Crippen LogP contribution in [0.25, 0.3) is 0 Å². The maximum atomic E-state index is 11.1. The Hall–Kier alpha value is -0.570. The van der Waals surface area contributed by atoms with Crippen molar-refractivity contribution in [2.24, 2.45) is 11.8 Å². The molecule has 2 N–H and O–H groups in total. The smallest absolute Gasteiger partial charge is 0.306 e. The molecule has 3 heteroatoms. The second kappa shape index (κ2) is 5.67. The van der Waals surface area contributed by atoms with Gasteiger partial charge in [0.25, 0.3) is 0 Å². The summed E-state index contributed by atoms with van der Waals surface area (Å²) in [5.41, 5.74) is 0. The number of hydrogen-bond acceptors (Lipinski definition) is 2. The molecule has 2 aliphatic carbocycles. The molecule has 3 nitrogen and oxygen atoms in total. The Balaban J connectivity index is 1.78. The van der Waals surface area contributed by atoms with Gasteiger partial charge in [-0.1, -0.05) is 25.7 Å². The number of carboxylic acid groups (broad SMARTS) is 1. The quantitative estimate of drug-likeness (QED) is 0.772. The van der Waals surface area contributed by atoms with Crippen LogP contribution < -0.4 is 5.32 Å². The Labute approximate surface area is 97.6 Å². The third kappa shape index (κ3) is 2.97. The largest absolute Gasteiger partial charge is 0.481 e. The van der Waals surface area contributed by atoms with Gasteiger partial charge in [-0.25, -0.2) is 0 Å². The summed E-state index contributed by atoms with van der Waals surface area (Å²) in [5, 5.41) is 12.7. The van der Waals surface area contributed by atoms with Gasteiger partial charge in [0.15, 0.2) is 0 Å². The molecule has 2 fully saturated rings. The number of carbonyl (C=O) groups is 1. The summed E-state index contributed by atoms with van der Waals surface area (Å²) in [5.74, 6) is -0.313. The van der Waals surface area contributed by atoms with Gasteiger partial charge in [-0.05, 0) is 38.1 Å². The van der Waals surface area contributed by atoms with E-state index in [1.54, 1.807) is 0 Å². The van der Waals surface area contributed by atoms with Crippen molar-refractivity contribution in [1.29, 1.82) is 0 Å². The van der Waals surface area contributed by atoms with Crippen molar-refractivity contribution in [3.8, 4) is 0 Å². The summed E-state index contributed by atoms with van der Waals surface area (Å²) < 4.78 is 0. The molecule has 0 aromatic heterocycles. The van der Waals surface area contributed by atoms with Crippen LogP contribution in [0, 0.1) is 11.8 Å². The maximum Gasteiger partial charge on any atom is 0.306 e. The summed E-state index contributed by atoms with van der Waals surface area (Å²) in [4.78, 5) is 11.1. The lowest BCUT2D eigenvalue weighted by Crippen LogP contribution is -2.38. The highest BCUT2D eigenvalue weighted by atomic mass is 16.4. The number of nitrogens with one attached hydrogen (secondary N) is 1. The molecule has 2 unspecified atom stereocenters. The average molecular weight is 225 g/mol. The van der Waals surface area contributed by atoms with Crippen LogP contribution in [-0.4, -0.2) is 23.7 Å². The highest BCUT2D eigenvalue weighted by molar-refractivity contribution is 5.70. The molecule has 0 radical (unpaired) electrons. The minimum atomic E-state index is -0.585. The first kappa shape index (κ1) is 11.9. The van der Waals surface area contributed by atoms with Crippen molar-refractivity contribution in [2.75, 3.05) is 6.54 Å². The number of hydrogen-bond donors (Lipinski definition) is 2. The van der Waals surface area contributed by atoms with Crippen molar-refractivity contribution in [1.82, 2.24) is 5.32 Å². The minimum Gasteiger partial charge on any atom is -0.481 e. The van der Waals surface area contributed by atoms with Crippen LogP contribution in [0.15, 0.2) is 0 Å². The third-order valence-corrected chi connectivity index (χ3v) is 4.25. The summed E-state index contributed by atoms with van der Waals surface area (Å²) in [7, 11) is 0. The first-order valence-corrected chi connectivity index (χ1v) is 6.73. The number of aliphatic carboxylic acids is 1. The van der Waals surface area contributed by atoms with Gasteiger partial charge in [0.2, 0.25) is 0 Å². The molecule has 0 saturated heterocycles. The van der Waals surface area contributed by atoms with Crippen molar-refractivity contribution in [2.45, 2.75) is 57.4 Å². The molecule has 0 aromatic rings. The van der Waals surface area contributed by atoms with E-state index in [1.165, 1.54) is 32.1 Å². The zero-order valence-electron chi connectivity index (χ0n) is 9.95. The first-order valence-electron chi connectivity index (χ1n) is 6.73. The molecule has 92 valence electrons. The van der Waals surface area contributed by atoms with Crippen molar-refractivity contribution >= 4 is 5.97 Å². The van der Waals surface area contributed by atoms with Gasteiger partial charge in [-0.15, -0.1) is 0 Å². The van der Waals surface area contributed by atoms with E-state index in [1.807, 2.05) is 0 Å². The van der Waals surface area contributed by atoms with Crippen LogP contribution in [0.1, 0.15) is 51.4 Å². The zero-order valence-corrected chi connectivity index (χ0v) is 9.95. The van der Waals surface area contributed by atoms with Gasteiger partial charge >= 0.3 is 5.97 Å². The molecule has 2 atom stereocenters. The van der Waals surface area contributed by atoms with Gasteiger partial charge in [0.1, 0.15) is 0 Å². The molecule has 16 heavy (non-hydrogen) atoms. The molecule has 2 saturated carbocycles. The van der Waals surface area contributed by atoms with Crippen LogP contribution in [0.5, 0.6) is 0 Å². The van der Waals surface area contributed by atoms with Gasteiger partial charge in [-0.3, -0.25) is 4.79 Å². The topological polar surface area (TPSA) is 49.3 Å². The van der Waals surface area contributed by atoms with Crippen LogP contribution in [-0.2, 0) is 4.79 Å². The third-order valence-electron chi connectivity index (χ3n) is 4.25. The summed E-state index contributed by atoms with van der Waals surface area (Å²) in [6.07, 6.45) is 9.52. The van der Waals surface area contributed by atoms with E-state index in [4.69, 9.17) is 0 Å². The van der Waals surface area contributed by atoms with Gasteiger partial charge in [-0.2, -0.15) is 0 Å². The molecular formula is C13H23NO2. The first-order chi connectivity index (χ1) is 7.77. The Morgan fingerprint density at radius 2 is 1.69 bits per heavy atom. The number of carboxylic acids is 1. The summed E-state index contributed by atoms with van der Waals surface area (Å²) in [6, 6.07) is 0.663. The van der Waals surface area contributed by atoms with Crippen molar-refractivity contribution < 1.29 is 9.90 Å². The molecule has 2 rings (SSSR count). The van der Waals surface area contributed by atoms with E-state index < -0.39 is 5.97 Å². The van der Waals surface area contributed by atoms with E-state index in [2.05, 4.69) is 5.32 Å². The molecular weight excluding hydrogens is 202 g/mol. The molecule has 0 bridgehead atoms. The van der Waals surface area contributed by atoms with E-state index in [0.717, 1.165) is 25.8 Å². The van der Waals surface area contributed by atoms with E-state index in [9.17, 15) is 9.90 Å². The monoisotopic (exact) mass is 225 g/mol. The van der Waals surface area contributed by atoms with E-state index >= 15 is 0 Å². The Bertz CT molecular complexity index is 236. The fourth-order valence-corrected chi connectivity index (χ4v) is 3.23. The molecule has 2 aliphatic rings. The second-order valence-corrected chi connectivity index (χ2v) is 5.38. The predicted octanol–water partition coefficient (Wildman–Crippen LogP) is 2.41. The van der Waals surface area contributed by atoms with E-state index in [0.29, 0.717) is 12.0 Å². The van der Waals surface area contributed by atoms with Crippen LogP contribution >= 0.6 is 0 Å². The molecule has 0 aromatic carbocycles. The maximum absolute atomic E-state index is 11.1. The van der Waals surface area contributed by atoms with E-state index in [-0.39, 0.29) is 5.92 Å². The lowest BCUT2D eigenvalue weighted by atomic mass is 9.79. The highest BCUT2D eigenvalue weighted by Gasteiger charge is 2.31. The number of rotatable bonds is 4. The Kier molecular flexibility index (Phi) is 4.22. The van der Waals surface area contributed by atoms with Crippen molar-refractivity contribution in [3.05, 3.63) is 0 Å². The molecule has 0 amide bonds. The normalized spacial score (nSPS) is 31.8. The molecule has 0 aliphatic heterocycles. The van der Waals surface area contributed by atoms with Gasteiger partial charge < -0.3 is 10.4 Å². The summed E-state index contributed by atoms with van der Waals surface area (Å²) >= 11 is 0. The SMILES string of the molecule is O=C(O)C1CCCCC1CNC1CCCC1. The second-order valence-electron chi connectivity index (χ2n) is 5.38. The molecule has 0 heterocycles. The zero-order chi connectivity index (χ0) is 11.4. The highest BCUT2D eigenvalue weighted by Crippen LogP contribution is 2.30.